The molecule has 0 aliphatic carbocycles. The SMILES string of the molecule is NC(=O)CN1CC[C@H](Cn2ccc3c(N4CCOC[C@@H]4c4cccc(C(F)(F)F)c4)ncnc32)[C@@H](O)C1. The van der Waals surface area contributed by atoms with Gasteiger partial charge in [0.15, 0.2) is 0 Å². The number of benzene rings is 1. The Morgan fingerprint density at radius 2 is 2.05 bits per heavy atom. The molecule has 2 aromatic heterocycles. The Morgan fingerprint density at radius 3 is 2.81 bits per heavy atom. The predicted octanol–water partition coefficient (Wildman–Crippen LogP) is 2.20. The number of alkyl halides is 3. The van der Waals surface area contributed by atoms with E-state index >= 15 is 0 Å². The number of morpholine rings is 1. The number of carbonyl (C=O) groups excluding carboxylic acids is 1. The monoisotopic (exact) mass is 518 g/mol. The lowest BCUT2D eigenvalue weighted by molar-refractivity contribution is -0.137. The van der Waals surface area contributed by atoms with E-state index in [1.165, 1.54) is 18.5 Å². The van der Waals surface area contributed by atoms with Crippen molar-refractivity contribution in [2.45, 2.75) is 31.3 Å². The molecule has 3 N–H and O–H groups in total. The molecule has 2 saturated heterocycles. The van der Waals surface area contributed by atoms with Gasteiger partial charge in [-0.3, -0.25) is 9.69 Å². The van der Waals surface area contributed by atoms with Crippen LogP contribution in [0.4, 0.5) is 19.0 Å². The molecule has 0 bridgehead atoms. The molecule has 2 fully saturated rings. The van der Waals surface area contributed by atoms with Crippen molar-refractivity contribution in [3.8, 4) is 0 Å². The Kier molecular flexibility index (Phi) is 7.06. The third-order valence-electron chi connectivity index (χ3n) is 7.15. The Labute approximate surface area is 211 Å². The first kappa shape index (κ1) is 25.4. The van der Waals surface area contributed by atoms with E-state index in [-0.39, 0.29) is 19.1 Å². The molecule has 0 spiro atoms. The van der Waals surface area contributed by atoms with E-state index in [1.807, 2.05) is 26.6 Å². The van der Waals surface area contributed by atoms with Crippen molar-refractivity contribution in [2.75, 3.05) is 44.3 Å². The number of hydrogen-bond donors (Lipinski definition) is 2. The van der Waals surface area contributed by atoms with Gasteiger partial charge >= 0.3 is 6.18 Å². The van der Waals surface area contributed by atoms with E-state index in [1.54, 1.807) is 6.07 Å². The summed E-state index contributed by atoms with van der Waals surface area (Å²) in [4.78, 5) is 24.0. The highest BCUT2D eigenvalue weighted by Gasteiger charge is 2.34. The first-order chi connectivity index (χ1) is 17.7. The maximum Gasteiger partial charge on any atom is 0.416 e. The molecule has 5 rings (SSSR count). The number of halogens is 3. The minimum atomic E-state index is -4.43. The second-order valence-corrected chi connectivity index (χ2v) is 9.63. The normalized spacial score (nSPS) is 23.5. The molecule has 1 aromatic carbocycles. The van der Waals surface area contributed by atoms with Gasteiger partial charge in [-0.05, 0) is 36.7 Å². The molecule has 9 nitrogen and oxygen atoms in total. The number of rotatable bonds is 6. The van der Waals surface area contributed by atoms with Gasteiger partial charge in [0.1, 0.15) is 17.8 Å². The van der Waals surface area contributed by atoms with Gasteiger partial charge in [0.05, 0.1) is 42.9 Å². The summed E-state index contributed by atoms with van der Waals surface area (Å²) in [5, 5.41) is 11.5. The molecule has 0 radical (unpaired) electrons. The molecule has 2 aliphatic rings. The lowest BCUT2D eigenvalue weighted by Crippen LogP contribution is -2.47. The van der Waals surface area contributed by atoms with Crippen LogP contribution < -0.4 is 10.6 Å². The second-order valence-electron chi connectivity index (χ2n) is 9.63. The van der Waals surface area contributed by atoms with Crippen LogP contribution in [-0.2, 0) is 22.3 Å². The van der Waals surface area contributed by atoms with Crippen molar-refractivity contribution in [3.63, 3.8) is 0 Å². The van der Waals surface area contributed by atoms with Gasteiger partial charge < -0.3 is 25.0 Å². The number of hydrogen-bond acceptors (Lipinski definition) is 7. The first-order valence-corrected chi connectivity index (χ1v) is 12.2. The fraction of sp³-hybridized carbons (Fsp3) is 0.480. The number of β-amino-alcohol motifs (C(OH)–C–C–N with tert-alkyl or cyclic N) is 1. The zero-order chi connectivity index (χ0) is 26.2. The molecule has 3 aromatic rings. The molecule has 4 heterocycles. The summed E-state index contributed by atoms with van der Waals surface area (Å²) in [6, 6.07) is 6.79. The zero-order valence-corrected chi connectivity index (χ0v) is 20.1. The highest BCUT2D eigenvalue weighted by molar-refractivity contribution is 5.88. The second kappa shape index (κ2) is 10.3. The van der Waals surface area contributed by atoms with Crippen LogP contribution in [0.3, 0.4) is 0 Å². The summed E-state index contributed by atoms with van der Waals surface area (Å²) in [6.45, 7) is 2.83. The molecule has 0 saturated carbocycles. The Morgan fingerprint density at radius 1 is 1.22 bits per heavy atom. The largest absolute Gasteiger partial charge is 0.416 e. The average Bonchev–Trinajstić information content (AvgIpc) is 3.28. The van der Waals surface area contributed by atoms with Crippen LogP contribution in [0, 0.1) is 5.92 Å². The van der Waals surface area contributed by atoms with Crippen molar-refractivity contribution in [3.05, 3.63) is 54.0 Å². The van der Waals surface area contributed by atoms with Gasteiger partial charge in [0.25, 0.3) is 0 Å². The number of nitrogens with zero attached hydrogens (tertiary/aromatic N) is 5. The molecule has 3 atom stereocenters. The molecule has 2 aliphatic heterocycles. The van der Waals surface area contributed by atoms with Crippen molar-refractivity contribution in [1.82, 2.24) is 19.4 Å². The molecule has 37 heavy (non-hydrogen) atoms. The summed E-state index contributed by atoms with van der Waals surface area (Å²) >= 11 is 0. The maximum absolute atomic E-state index is 13.4. The molecule has 198 valence electrons. The number of aliphatic hydroxyl groups excluding tert-OH is 1. The number of fused-ring (bicyclic) bond motifs is 1. The van der Waals surface area contributed by atoms with E-state index in [4.69, 9.17) is 10.5 Å². The molecular formula is C25H29F3N6O3. The van der Waals surface area contributed by atoms with Crippen LogP contribution in [-0.4, -0.2) is 75.9 Å². The van der Waals surface area contributed by atoms with Crippen LogP contribution in [0.15, 0.2) is 42.9 Å². The lowest BCUT2D eigenvalue weighted by atomic mass is 9.93. The molecule has 12 heteroatoms. The Hall–Kier alpha value is -3.22. The van der Waals surface area contributed by atoms with E-state index in [0.717, 1.165) is 11.5 Å². The van der Waals surface area contributed by atoms with Crippen LogP contribution >= 0.6 is 0 Å². The number of likely N-dealkylation sites (tertiary alicyclic amines) is 1. The van der Waals surface area contributed by atoms with Crippen molar-refractivity contribution >= 4 is 22.8 Å². The fourth-order valence-electron chi connectivity index (χ4n) is 5.30. The summed E-state index contributed by atoms with van der Waals surface area (Å²) in [7, 11) is 0. The number of aliphatic hydroxyl groups is 1. The van der Waals surface area contributed by atoms with E-state index in [9.17, 15) is 23.1 Å². The third kappa shape index (κ3) is 5.41. The number of primary amides is 1. The van der Waals surface area contributed by atoms with Crippen LogP contribution in [0.25, 0.3) is 11.0 Å². The van der Waals surface area contributed by atoms with Crippen LogP contribution in [0.2, 0.25) is 0 Å². The lowest BCUT2D eigenvalue weighted by Gasteiger charge is -2.37. The zero-order valence-electron chi connectivity index (χ0n) is 20.1. The molecular weight excluding hydrogens is 489 g/mol. The topological polar surface area (TPSA) is 110 Å². The quantitative estimate of drug-likeness (QED) is 0.515. The Balaban J connectivity index is 1.40. The van der Waals surface area contributed by atoms with Gasteiger partial charge in [0, 0.05) is 31.7 Å². The summed E-state index contributed by atoms with van der Waals surface area (Å²) < 4.78 is 47.7. The third-order valence-corrected chi connectivity index (χ3v) is 7.15. The number of carbonyl (C=O) groups is 1. The molecule has 1 amide bonds. The predicted molar refractivity (Wildman–Crippen MR) is 130 cm³/mol. The average molecular weight is 519 g/mol. The minimum Gasteiger partial charge on any atom is -0.391 e. The number of ether oxygens (including phenoxy) is 1. The van der Waals surface area contributed by atoms with E-state index in [0.29, 0.717) is 56.2 Å². The Bertz CT molecular complexity index is 1270. The van der Waals surface area contributed by atoms with Crippen molar-refractivity contribution < 1.29 is 27.8 Å². The van der Waals surface area contributed by atoms with E-state index < -0.39 is 29.8 Å². The van der Waals surface area contributed by atoms with Gasteiger partial charge in [-0.2, -0.15) is 13.2 Å². The van der Waals surface area contributed by atoms with Gasteiger partial charge in [-0.1, -0.05) is 12.1 Å². The number of amides is 1. The van der Waals surface area contributed by atoms with Crippen molar-refractivity contribution in [2.24, 2.45) is 11.7 Å². The van der Waals surface area contributed by atoms with Gasteiger partial charge in [-0.15, -0.1) is 0 Å². The highest BCUT2D eigenvalue weighted by atomic mass is 19.4. The summed E-state index contributed by atoms with van der Waals surface area (Å²) in [5.74, 6) is 0.184. The summed E-state index contributed by atoms with van der Waals surface area (Å²) in [5.41, 5.74) is 5.77. The smallest absolute Gasteiger partial charge is 0.391 e. The van der Waals surface area contributed by atoms with E-state index in [2.05, 4.69) is 9.97 Å². The molecule has 0 unspecified atom stereocenters. The highest BCUT2D eigenvalue weighted by Crippen LogP contribution is 2.36. The number of piperidine rings is 1. The number of aromatic nitrogens is 3. The van der Waals surface area contributed by atoms with Crippen LogP contribution in [0.5, 0.6) is 0 Å². The van der Waals surface area contributed by atoms with Crippen LogP contribution in [0.1, 0.15) is 23.6 Å². The minimum absolute atomic E-state index is 0.0283. The number of nitrogens with two attached hydrogens (primary N) is 1. The standard InChI is InChI=1S/C25H29F3N6O3/c26-25(27,28)18-3-1-2-16(10-18)20-14-37-9-8-34(20)24-19-5-7-33(23(19)30-15-31-24)11-17-4-6-32(12-21(17)35)13-22(29)36/h1-3,5,7,10,15,17,20-21,35H,4,6,8-9,11-14H2,(H2,29,36)/t17-,20-,21+/m1/s1. The van der Waals surface area contributed by atoms with Crippen molar-refractivity contribution in [1.29, 1.82) is 0 Å². The van der Waals surface area contributed by atoms with Gasteiger partial charge in [0.2, 0.25) is 5.91 Å². The fourth-order valence-corrected chi connectivity index (χ4v) is 5.30. The number of anilines is 1. The maximum atomic E-state index is 13.4. The van der Waals surface area contributed by atoms with Gasteiger partial charge in [-0.25, -0.2) is 9.97 Å². The first-order valence-electron chi connectivity index (χ1n) is 12.2. The summed E-state index contributed by atoms with van der Waals surface area (Å²) in [6.07, 6.45) is -0.996.